The lowest BCUT2D eigenvalue weighted by Crippen LogP contribution is -2.08. The Hall–Kier alpha value is -1.29. The van der Waals surface area contributed by atoms with Crippen LogP contribution in [0.1, 0.15) is 30.4 Å². The summed E-state index contributed by atoms with van der Waals surface area (Å²) in [6.45, 7) is 4.37. The summed E-state index contributed by atoms with van der Waals surface area (Å²) in [4.78, 5) is 0. The number of halogens is 1. The fourth-order valence-electron chi connectivity index (χ4n) is 1.97. The first kappa shape index (κ1) is 13.8. The van der Waals surface area contributed by atoms with Crippen molar-refractivity contribution >= 4 is 0 Å². The first-order chi connectivity index (χ1) is 8.06. The van der Waals surface area contributed by atoms with Crippen LogP contribution >= 0.6 is 0 Å². The van der Waals surface area contributed by atoms with Crippen molar-refractivity contribution < 1.29 is 13.9 Å². The van der Waals surface area contributed by atoms with Gasteiger partial charge in [0.1, 0.15) is 0 Å². The standard InChI is InChI=1S/C13H20FNO2/c1-8(5-6-15)10-7-9(2)12(16-3)13(17-4)11(10)14/h7-8H,5-6,15H2,1-4H3. The molecule has 1 atom stereocenters. The Bertz CT molecular complexity index is 393. The number of methoxy groups -OCH3 is 2. The Balaban J connectivity index is 3.30. The van der Waals surface area contributed by atoms with Gasteiger partial charge in [0, 0.05) is 0 Å². The van der Waals surface area contributed by atoms with Crippen LogP contribution in [0.2, 0.25) is 0 Å². The molecule has 1 unspecified atom stereocenters. The molecule has 0 saturated carbocycles. The van der Waals surface area contributed by atoms with Gasteiger partial charge in [-0.15, -0.1) is 0 Å². The molecule has 96 valence electrons. The van der Waals surface area contributed by atoms with Gasteiger partial charge in [-0.05, 0) is 43.0 Å². The van der Waals surface area contributed by atoms with Gasteiger partial charge in [0.15, 0.2) is 17.3 Å². The summed E-state index contributed by atoms with van der Waals surface area (Å²) in [6, 6.07) is 1.80. The normalized spacial score (nSPS) is 12.4. The fraction of sp³-hybridized carbons (Fsp3) is 0.538. The number of benzene rings is 1. The number of hydrogen-bond acceptors (Lipinski definition) is 3. The van der Waals surface area contributed by atoms with Gasteiger partial charge in [0.05, 0.1) is 14.2 Å². The number of hydrogen-bond donors (Lipinski definition) is 1. The van der Waals surface area contributed by atoms with E-state index in [2.05, 4.69) is 0 Å². The highest BCUT2D eigenvalue weighted by molar-refractivity contribution is 5.51. The number of aryl methyl sites for hydroxylation is 1. The Morgan fingerprint density at radius 1 is 1.29 bits per heavy atom. The summed E-state index contributed by atoms with van der Waals surface area (Å²) in [5, 5.41) is 0. The second-order valence-electron chi connectivity index (χ2n) is 4.14. The number of nitrogens with two attached hydrogens (primary N) is 1. The van der Waals surface area contributed by atoms with Crippen molar-refractivity contribution in [3.8, 4) is 11.5 Å². The highest BCUT2D eigenvalue weighted by Crippen LogP contribution is 2.38. The van der Waals surface area contributed by atoms with Crippen LogP contribution in [-0.4, -0.2) is 20.8 Å². The highest BCUT2D eigenvalue weighted by atomic mass is 19.1. The fourth-order valence-corrected chi connectivity index (χ4v) is 1.97. The van der Waals surface area contributed by atoms with Gasteiger partial charge in [0.25, 0.3) is 0 Å². The summed E-state index contributed by atoms with van der Waals surface area (Å²) in [5.74, 6) is 0.342. The summed E-state index contributed by atoms with van der Waals surface area (Å²) in [6.07, 6.45) is 0.742. The smallest absolute Gasteiger partial charge is 0.197 e. The van der Waals surface area contributed by atoms with Crippen molar-refractivity contribution in [3.05, 3.63) is 23.0 Å². The van der Waals surface area contributed by atoms with Crippen molar-refractivity contribution in [2.75, 3.05) is 20.8 Å². The molecule has 0 aliphatic rings. The Labute approximate surface area is 102 Å². The molecule has 0 spiro atoms. The van der Waals surface area contributed by atoms with Crippen LogP contribution in [0.15, 0.2) is 6.07 Å². The van der Waals surface area contributed by atoms with E-state index >= 15 is 0 Å². The first-order valence-electron chi connectivity index (χ1n) is 5.67. The molecule has 3 nitrogen and oxygen atoms in total. The van der Waals surface area contributed by atoms with Gasteiger partial charge in [-0.25, -0.2) is 4.39 Å². The zero-order valence-corrected chi connectivity index (χ0v) is 10.8. The molecule has 17 heavy (non-hydrogen) atoms. The lowest BCUT2D eigenvalue weighted by atomic mass is 9.95. The summed E-state index contributed by atoms with van der Waals surface area (Å²) in [5.41, 5.74) is 7.00. The molecule has 4 heteroatoms. The van der Waals surface area contributed by atoms with Gasteiger partial charge in [-0.3, -0.25) is 0 Å². The van der Waals surface area contributed by atoms with E-state index in [1.807, 2.05) is 13.8 Å². The molecule has 0 aliphatic carbocycles. The van der Waals surface area contributed by atoms with Crippen LogP contribution in [0.4, 0.5) is 4.39 Å². The third-order valence-electron chi connectivity index (χ3n) is 2.93. The average Bonchev–Trinajstić information content (AvgIpc) is 2.31. The third-order valence-corrected chi connectivity index (χ3v) is 2.93. The summed E-state index contributed by atoms with van der Waals surface area (Å²) < 4.78 is 24.5. The van der Waals surface area contributed by atoms with Crippen LogP contribution in [0.3, 0.4) is 0 Å². The van der Waals surface area contributed by atoms with E-state index in [9.17, 15) is 4.39 Å². The van der Waals surface area contributed by atoms with E-state index in [0.29, 0.717) is 17.9 Å². The van der Waals surface area contributed by atoms with E-state index in [-0.39, 0.29) is 17.5 Å². The van der Waals surface area contributed by atoms with Crippen molar-refractivity contribution in [2.24, 2.45) is 5.73 Å². The van der Waals surface area contributed by atoms with E-state index in [1.54, 1.807) is 6.07 Å². The lowest BCUT2D eigenvalue weighted by molar-refractivity contribution is 0.333. The maximum Gasteiger partial charge on any atom is 0.197 e. The van der Waals surface area contributed by atoms with Crippen LogP contribution in [0, 0.1) is 12.7 Å². The molecule has 0 aromatic heterocycles. The minimum absolute atomic E-state index is 0.0681. The molecule has 1 rings (SSSR count). The second-order valence-corrected chi connectivity index (χ2v) is 4.14. The second kappa shape index (κ2) is 5.87. The van der Waals surface area contributed by atoms with Crippen LogP contribution in [0.25, 0.3) is 0 Å². The average molecular weight is 241 g/mol. The Morgan fingerprint density at radius 3 is 2.35 bits per heavy atom. The number of rotatable bonds is 5. The minimum Gasteiger partial charge on any atom is -0.492 e. The van der Waals surface area contributed by atoms with Crippen molar-refractivity contribution in [1.82, 2.24) is 0 Å². The zero-order chi connectivity index (χ0) is 13.0. The third kappa shape index (κ3) is 2.69. The molecule has 0 amide bonds. The molecule has 2 N–H and O–H groups in total. The van der Waals surface area contributed by atoms with Crippen LogP contribution in [-0.2, 0) is 0 Å². The first-order valence-corrected chi connectivity index (χ1v) is 5.67. The molecule has 0 saturated heterocycles. The van der Waals surface area contributed by atoms with Gasteiger partial charge >= 0.3 is 0 Å². The molecular weight excluding hydrogens is 221 g/mol. The van der Waals surface area contributed by atoms with Crippen LogP contribution < -0.4 is 15.2 Å². The number of ether oxygens (including phenoxy) is 2. The van der Waals surface area contributed by atoms with E-state index < -0.39 is 0 Å². The van der Waals surface area contributed by atoms with Gasteiger partial charge in [-0.2, -0.15) is 0 Å². The minimum atomic E-state index is -0.351. The lowest BCUT2D eigenvalue weighted by Gasteiger charge is -2.18. The van der Waals surface area contributed by atoms with E-state index in [0.717, 1.165) is 12.0 Å². The predicted molar refractivity (Wildman–Crippen MR) is 66.3 cm³/mol. The topological polar surface area (TPSA) is 44.5 Å². The van der Waals surface area contributed by atoms with E-state index in [1.165, 1.54) is 14.2 Å². The Morgan fingerprint density at radius 2 is 1.88 bits per heavy atom. The molecule has 0 heterocycles. The highest BCUT2D eigenvalue weighted by Gasteiger charge is 2.20. The molecule has 1 aromatic rings. The molecular formula is C13H20FNO2. The quantitative estimate of drug-likeness (QED) is 0.861. The van der Waals surface area contributed by atoms with E-state index in [4.69, 9.17) is 15.2 Å². The maximum absolute atomic E-state index is 14.2. The Kier molecular flexibility index (Phi) is 4.75. The van der Waals surface area contributed by atoms with Crippen molar-refractivity contribution in [1.29, 1.82) is 0 Å². The summed E-state index contributed by atoms with van der Waals surface area (Å²) in [7, 11) is 2.95. The monoisotopic (exact) mass is 241 g/mol. The van der Waals surface area contributed by atoms with Gasteiger partial charge < -0.3 is 15.2 Å². The maximum atomic E-state index is 14.2. The van der Waals surface area contributed by atoms with Gasteiger partial charge in [-0.1, -0.05) is 6.92 Å². The van der Waals surface area contributed by atoms with Gasteiger partial charge in [0.2, 0.25) is 0 Å². The SMILES string of the molecule is COc1c(C)cc(C(C)CCN)c(F)c1OC. The van der Waals surface area contributed by atoms with Crippen molar-refractivity contribution in [2.45, 2.75) is 26.2 Å². The molecule has 0 aliphatic heterocycles. The van der Waals surface area contributed by atoms with Crippen LogP contribution in [0.5, 0.6) is 11.5 Å². The molecule has 0 bridgehead atoms. The zero-order valence-electron chi connectivity index (χ0n) is 10.8. The summed E-state index contributed by atoms with van der Waals surface area (Å²) >= 11 is 0. The molecule has 0 radical (unpaired) electrons. The van der Waals surface area contributed by atoms with Crippen molar-refractivity contribution in [3.63, 3.8) is 0 Å². The molecule has 0 fully saturated rings. The largest absolute Gasteiger partial charge is 0.492 e. The molecule has 1 aromatic carbocycles. The predicted octanol–water partition coefficient (Wildman–Crippen LogP) is 2.60.